The van der Waals surface area contributed by atoms with E-state index < -0.39 is 67.4 Å². The molecule has 0 spiro atoms. The van der Waals surface area contributed by atoms with Crippen LogP contribution in [-0.4, -0.2) is 99.6 Å². The minimum Gasteiger partial charge on any atom is -0.454 e. The van der Waals surface area contributed by atoms with E-state index in [9.17, 15) is 35.1 Å². The summed E-state index contributed by atoms with van der Waals surface area (Å²) in [6.45, 7) is 5.64. The minimum atomic E-state index is -1.63. The second-order valence-corrected chi connectivity index (χ2v) is 21.1. The fourth-order valence-electron chi connectivity index (χ4n) is 9.30. The van der Waals surface area contributed by atoms with E-state index >= 15 is 0 Å². The van der Waals surface area contributed by atoms with Crippen molar-refractivity contribution in [1.29, 1.82) is 0 Å². The molecule has 1 amide bonds. The Morgan fingerprint density at radius 1 is 0.533 bits per heavy atom. The first-order chi connectivity index (χ1) is 36.7. The van der Waals surface area contributed by atoms with Gasteiger partial charge in [-0.25, -0.2) is 0 Å². The van der Waals surface area contributed by atoms with Crippen molar-refractivity contribution in [2.75, 3.05) is 13.2 Å². The normalized spacial score (nSPS) is 19.7. The molecular weight excluding hydrogens is 943 g/mol. The highest BCUT2D eigenvalue weighted by Crippen LogP contribution is 2.26. The summed E-state index contributed by atoms with van der Waals surface area (Å²) in [5, 5.41) is 57.0. The molecule has 8 atom stereocenters. The summed E-state index contributed by atoms with van der Waals surface area (Å²) in [5.74, 6) is -1.22. The predicted octanol–water partition coefficient (Wildman–Crippen LogP) is 14.4. The third kappa shape index (κ3) is 40.0. The Bertz CT molecular complexity index is 1490. The summed E-state index contributed by atoms with van der Waals surface area (Å²) in [4.78, 5) is 26.5. The van der Waals surface area contributed by atoms with Crippen molar-refractivity contribution in [3.8, 4) is 0 Å². The zero-order chi connectivity index (χ0) is 54.7. The zero-order valence-corrected chi connectivity index (χ0v) is 47.9. The molecule has 0 saturated carbocycles. The van der Waals surface area contributed by atoms with Gasteiger partial charge >= 0.3 is 5.97 Å². The van der Waals surface area contributed by atoms with Crippen molar-refractivity contribution in [2.24, 2.45) is 0 Å². The molecule has 0 aromatic heterocycles. The quantitative estimate of drug-likeness (QED) is 0.0149. The van der Waals surface area contributed by atoms with Crippen LogP contribution in [0.25, 0.3) is 0 Å². The zero-order valence-electron chi connectivity index (χ0n) is 47.9. The molecule has 1 aliphatic heterocycles. The van der Waals surface area contributed by atoms with Crippen LogP contribution in [0, 0.1) is 0 Å². The Morgan fingerprint density at radius 2 is 0.973 bits per heavy atom. The third-order valence-corrected chi connectivity index (χ3v) is 14.2. The van der Waals surface area contributed by atoms with Gasteiger partial charge in [0.2, 0.25) is 5.91 Å². The number of carbonyl (C=O) groups excluding carboxylic acids is 2. The Kier molecular flexibility index (Phi) is 48.5. The molecule has 0 aromatic carbocycles. The highest BCUT2D eigenvalue weighted by Gasteiger charge is 2.47. The Morgan fingerprint density at radius 3 is 1.48 bits per heavy atom. The van der Waals surface area contributed by atoms with Crippen LogP contribution in [0.4, 0.5) is 0 Å². The molecule has 1 saturated heterocycles. The van der Waals surface area contributed by atoms with Crippen molar-refractivity contribution in [3.05, 3.63) is 72.9 Å². The number of carbonyl (C=O) groups is 2. The Hall–Kier alpha value is -2.90. The van der Waals surface area contributed by atoms with E-state index in [4.69, 9.17) is 14.2 Å². The summed E-state index contributed by atoms with van der Waals surface area (Å²) in [6.07, 6.45) is 55.1. The molecule has 75 heavy (non-hydrogen) atoms. The number of esters is 1. The molecule has 11 heteroatoms. The van der Waals surface area contributed by atoms with Gasteiger partial charge in [-0.2, -0.15) is 0 Å². The largest absolute Gasteiger partial charge is 0.454 e. The molecule has 0 aromatic rings. The monoisotopic (exact) mass is 1060 g/mol. The van der Waals surface area contributed by atoms with E-state index in [0.29, 0.717) is 12.8 Å². The number of aliphatic hydroxyl groups is 5. The van der Waals surface area contributed by atoms with E-state index in [1.165, 1.54) is 128 Å². The fraction of sp³-hybridized carbons (Fsp3) is 0.781. The fourth-order valence-corrected chi connectivity index (χ4v) is 9.30. The van der Waals surface area contributed by atoms with E-state index in [0.717, 1.165) is 83.5 Å². The average Bonchev–Trinajstić information content (AvgIpc) is 3.41. The molecule has 1 fully saturated rings. The number of aliphatic hydroxyl groups excluding tert-OH is 5. The number of ether oxygens (including phenoxy) is 3. The molecule has 11 nitrogen and oxygen atoms in total. The van der Waals surface area contributed by atoms with Crippen LogP contribution in [0.5, 0.6) is 0 Å². The highest BCUT2D eigenvalue weighted by atomic mass is 16.7. The summed E-state index contributed by atoms with van der Waals surface area (Å²) < 4.78 is 17.6. The van der Waals surface area contributed by atoms with Crippen LogP contribution in [0.1, 0.15) is 258 Å². The Balaban J connectivity index is 2.71. The SMILES string of the molecule is CC/C=C/C=C/C=C/C=C\CCCCCCCC(=O)OC1C(OCC(NC(=O)C(O)CCCCCCCCCC/C=C/CCCCCCCC)C(O)/C=C/CCCCCCCCCCCCC)OC(CO)C(O)C1O. The minimum absolute atomic E-state index is 0.0950. The molecular formula is C64H113NO10. The first-order valence-electron chi connectivity index (χ1n) is 30.8. The molecule has 0 bridgehead atoms. The van der Waals surface area contributed by atoms with Crippen molar-refractivity contribution in [1.82, 2.24) is 5.32 Å². The van der Waals surface area contributed by atoms with Crippen LogP contribution >= 0.6 is 0 Å². The maximum Gasteiger partial charge on any atom is 0.306 e. The van der Waals surface area contributed by atoms with Crippen LogP contribution < -0.4 is 5.32 Å². The van der Waals surface area contributed by atoms with Gasteiger partial charge in [0.05, 0.1) is 25.4 Å². The lowest BCUT2D eigenvalue weighted by atomic mass is 9.99. The summed E-state index contributed by atoms with van der Waals surface area (Å²) in [5.41, 5.74) is 0. The second kappa shape index (κ2) is 51.8. The lowest BCUT2D eigenvalue weighted by molar-refractivity contribution is -0.305. The van der Waals surface area contributed by atoms with Crippen LogP contribution in [0.15, 0.2) is 72.9 Å². The van der Waals surface area contributed by atoms with Gasteiger partial charge in [-0.15, -0.1) is 0 Å². The van der Waals surface area contributed by atoms with Gasteiger partial charge in [-0.3, -0.25) is 9.59 Å². The molecule has 1 heterocycles. The van der Waals surface area contributed by atoms with Gasteiger partial charge in [-0.05, 0) is 70.6 Å². The van der Waals surface area contributed by atoms with E-state index in [2.05, 4.69) is 50.4 Å². The lowest BCUT2D eigenvalue weighted by Gasteiger charge is -2.41. The van der Waals surface area contributed by atoms with Crippen molar-refractivity contribution in [2.45, 2.75) is 307 Å². The third-order valence-electron chi connectivity index (χ3n) is 14.2. The van der Waals surface area contributed by atoms with Crippen LogP contribution in [-0.2, 0) is 23.8 Å². The van der Waals surface area contributed by atoms with Gasteiger partial charge in [-0.1, -0.05) is 254 Å². The predicted molar refractivity (Wildman–Crippen MR) is 310 cm³/mol. The van der Waals surface area contributed by atoms with Crippen molar-refractivity contribution >= 4 is 11.9 Å². The van der Waals surface area contributed by atoms with Gasteiger partial charge in [0.15, 0.2) is 12.4 Å². The first-order valence-corrected chi connectivity index (χ1v) is 30.8. The molecule has 0 aliphatic carbocycles. The standard InChI is InChI=1S/C64H113NO10/c1-4-7-10-13-16-19-22-25-27-28-29-31-33-36-39-42-45-48-51-57(68)63(72)65-55(56(67)50-47-44-41-38-35-32-24-21-18-15-12-9-6-3)54-73-64-62(61(71)60(70)58(53-66)74-64)75-59(69)52-49-46-43-40-37-34-30-26-23-20-17-14-11-8-5-2/h8,11,14,17,20,23,25-27,30,47,50,55-58,60-62,64,66-68,70-71H,4-7,9-10,12-13,15-16,18-19,21-22,24,28-29,31-46,48-49,51-54H2,1-3H3,(H,65,72)/b11-8+,17-14+,23-20+,27-25+,30-26-,50-47+. The maximum atomic E-state index is 13.4. The van der Waals surface area contributed by atoms with Crippen LogP contribution in [0.2, 0.25) is 0 Å². The van der Waals surface area contributed by atoms with Crippen LogP contribution in [0.3, 0.4) is 0 Å². The number of amides is 1. The number of rotatable bonds is 51. The molecule has 8 unspecified atom stereocenters. The first kappa shape index (κ1) is 70.1. The van der Waals surface area contributed by atoms with E-state index in [1.807, 2.05) is 42.5 Å². The smallest absolute Gasteiger partial charge is 0.306 e. The molecule has 1 aliphatic rings. The summed E-state index contributed by atoms with van der Waals surface area (Å²) in [6, 6.07) is -1.03. The number of nitrogens with one attached hydrogen (secondary N) is 1. The average molecular weight is 1060 g/mol. The molecule has 434 valence electrons. The number of hydrogen-bond acceptors (Lipinski definition) is 10. The lowest BCUT2D eigenvalue weighted by Crippen LogP contribution is -2.61. The Labute approximate surface area is 458 Å². The second-order valence-electron chi connectivity index (χ2n) is 21.1. The van der Waals surface area contributed by atoms with Gasteiger partial charge in [0, 0.05) is 6.42 Å². The van der Waals surface area contributed by atoms with E-state index in [1.54, 1.807) is 6.08 Å². The maximum absolute atomic E-state index is 13.4. The summed E-state index contributed by atoms with van der Waals surface area (Å²) >= 11 is 0. The number of unbranched alkanes of at least 4 members (excludes halogenated alkanes) is 30. The number of allylic oxidation sites excluding steroid dienone is 11. The van der Waals surface area contributed by atoms with E-state index in [-0.39, 0.29) is 19.4 Å². The summed E-state index contributed by atoms with van der Waals surface area (Å²) in [7, 11) is 0. The molecule has 6 N–H and O–H groups in total. The van der Waals surface area contributed by atoms with Gasteiger partial charge in [0.1, 0.15) is 24.4 Å². The van der Waals surface area contributed by atoms with Crippen molar-refractivity contribution < 1.29 is 49.3 Å². The van der Waals surface area contributed by atoms with Gasteiger partial charge in [0.25, 0.3) is 0 Å². The topological polar surface area (TPSA) is 175 Å². The number of hydrogen-bond donors (Lipinski definition) is 6. The molecule has 1 rings (SSSR count). The molecule has 0 radical (unpaired) electrons. The van der Waals surface area contributed by atoms with Gasteiger partial charge < -0.3 is 45.1 Å². The van der Waals surface area contributed by atoms with Crippen molar-refractivity contribution in [3.63, 3.8) is 0 Å². The highest BCUT2D eigenvalue weighted by molar-refractivity contribution is 5.80.